The first kappa shape index (κ1) is 15.5. The van der Waals surface area contributed by atoms with E-state index in [2.05, 4.69) is 29.2 Å². The molecule has 1 aliphatic rings. The molecular formula is C17H29N3. The zero-order valence-electron chi connectivity index (χ0n) is 12.9. The fourth-order valence-electron chi connectivity index (χ4n) is 2.93. The third-order valence-corrected chi connectivity index (χ3v) is 4.34. The summed E-state index contributed by atoms with van der Waals surface area (Å²) in [7, 11) is 0. The highest BCUT2D eigenvalue weighted by atomic mass is 15.1. The number of likely N-dealkylation sites (tertiary alicyclic amines) is 1. The van der Waals surface area contributed by atoms with Crippen molar-refractivity contribution in [3.8, 4) is 0 Å². The molecule has 0 aromatic heterocycles. The average Bonchev–Trinajstić information content (AvgIpc) is 2.45. The molecule has 0 bridgehead atoms. The molecule has 4 N–H and O–H groups in total. The van der Waals surface area contributed by atoms with Crippen molar-refractivity contribution < 1.29 is 0 Å². The van der Waals surface area contributed by atoms with E-state index in [4.69, 9.17) is 11.5 Å². The lowest BCUT2D eigenvalue weighted by Gasteiger charge is -2.30. The molecule has 1 aromatic rings. The summed E-state index contributed by atoms with van der Waals surface area (Å²) >= 11 is 0. The van der Waals surface area contributed by atoms with Crippen molar-refractivity contribution >= 4 is 0 Å². The topological polar surface area (TPSA) is 55.3 Å². The number of piperidine rings is 1. The molecule has 0 radical (unpaired) electrons. The molecule has 1 heterocycles. The van der Waals surface area contributed by atoms with E-state index >= 15 is 0 Å². The van der Waals surface area contributed by atoms with Gasteiger partial charge in [0.1, 0.15) is 0 Å². The quantitative estimate of drug-likeness (QED) is 0.868. The van der Waals surface area contributed by atoms with Crippen LogP contribution in [0.3, 0.4) is 0 Å². The molecular weight excluding hydrogens is 246 g/mol. The second-order valence-corrected chi connectivity index (χ2v) is 6.65. The third-order valence-electron chi connectivity index (χ3n) is 4.34. The number of hydrogen-bond donors (Lipinski definition) is 2. The number of hydrogen-bond acceptors (Lipinski definition) is 3. The van der Waals surface area contributed by atoms with Crippen molar-refractivity contribution in [1.29, 1.82) is 0 Å². The number of rotatable bonds is 5. The van der Waals surface area contributed by atoms with E-state index in [-0.39, 0.29) is 11.6 Å². The van der Waals surface area contributed by atoms with E-state index in [1.165, 1.54) is 43.5 Å². The largest absolute Gasteiger partial charge is 0.324 e. The highest BCUT2D eigenvalue weighted by molar-refractivity contribution is 5.32. The number of nitrogens with zero attached hydrogens (tertiary/aromatic N) is 1. The standard InChI is InChI=1S/C17H29N3/c1-17(2,19)16(18)15-9-5-4-8-14(15)10-13-20-11-6-3-7-12-20/h4-5,8-9,16H,3,6-7,10-13,18-19H2,1-2H3. The van der Waals surface area contributed by atoms with Crippen LogP contribution in [-0.4, -0.2) is 30.1 Å². The molecule has 3 nitrogen and oxygen atoms in total. The van der Waals surface area contributed by atoms with Crippen molar-refractivity contribution in [3.05, 3.63) is 35.4 Å². The number of nitrogens with two attached hydrogens (primary N) is 2. The fourth-order valence-corrected chi connectivity index (χ4v) is 2.93. The van der Waals surface area contributed by atoms with Gasteiger partial charge in [-0.05, 0) is 57.3 Å². The van der Waals surface area contributed by atoms with E-state index in [9.17, 15) is 0 Å². The Hall–Kier alpha value is -0.900. The Morgan fingerprint density at radius 1 is 1.15 bits per heavy atom. The lowest BCUT2D eigenvalue weighted by atomic mass is 9.87. The summed E-state index contributed by atoms with van der Waals surface area (Å²) in [5, 5.41) is 0. The summed E-state index contributed by atoms with van der Waals surface area (Å²) in [6, 6.07) is 8.38. The van der Waals surface area contributed by atoms with Gasteiger partial charge in [0.25, 0.3) is 0 Å². The lowest BCUT2D eigenvalue weighted by molar-refractivity contribution is 0.231. The first-order chi connectivity index (χ1) is 9.48. The highest BCUT2D eigenvalue weighted by Crippen LogP contribution is 2.24. The van der Waals surface area contributed by atoms with Gasteiger partial charge < -0.3 is 16.4 Å². The van der Waals surface area contributed by atoms with Gasteiger partial charge >= 0.3 is 0 Å². The van der Waals surface area contributed by atoms with Gasteiger partial charge in [-0.25, -0.2) is 0 Å². The van der Waals surface area contributed by atoms with Gasteiger partial charge in [0.2, 0.25) is 0 Å². The fraction of sp³-hybridized carbons (Fsp3) is 0.647. The molecule has 2 rings (SSSR count). The van der Waals surface area contributed by atoms with Crippen LogP contribution in [-0.2, 0) is 6.42 Å². The van der Waals surface area contributed by atoms with Crippen LogP contribution in [0.15, 0.2) is 24.3 Å². The summed E-state index contributed by atoms with van der Waals surface area (Å²) in [6.45, 7) is 7.63. The Labute approximate surface area is 123 Å². The van der Waals surface area contributed by atoms with Crippen molar-refractivity contribution in [3.63, 3.8) is 0 Å². The molecule has 1 saturated heterocycles. The minimum absolute atomic E-state index is 0.111. The van der Waals surface area contributed by atoms with Crippen LogP contribution in [0.25, 0.3) is 0 Å². The molecule has 3 heteroatoms. The van der Waals surface area contributed by atoms with Gasteiger partial charge in [-0.1, -0.05) is 30.7 Å². The van der Waals surface area contributed by atoms with Crippen molar-refractivity contribution in [2.75, 3.05) is 19.6 Å². The first-order valence-electron chi connectivity index (χ1n) is 7.83. The van der Waals surface area contributed by atoms with Gasteiger partial charge in [-0.3, -0.25) is 0 Å². The van der Waals surface area contributed by atoms with E-state index < -0.39 is 0 Å². The molecule has 1 unspecified atom stereocenters. The molecule has 0 amide bonds. The van der Waals surface area contributed by atoms with Gasteiger partial charge in [0.15, 0.2) is 0 Å². The smallest absolute Gasteiger partial charge is 0.0475 e. The van der Waals surface area contributed by atoms with Crippen LogP contribution in [0.4, 0.5) is 0 Å². The molecule has 1 fully saturated rings. The molecule has 0 spiro atoms. The monoisotopic (exact) mass is 275 g/mol. The van der Waals surface area contributed by atoms with Crippen LogP contribution in [0.5, 0.6) is 0 Å². The molecule has 1 aromatic carbocycles. The normalized spacial score (nSPS) is 19.0. The Morgan fingerprint density at radius 2 is 1.80 bits per heavy atom. The predicted octanol–water partition coefficient (Wildman–Crippen LogP) is 2.45. The van der Waals surface area contributed by atoms with E-state index in [1.807, 2.05) is 13.8 Å². The van der Waals surface area contributed by atoms with Crippen LogP contribution in [0.2, 0.25) is 0 Å². The van der Waals surface area contributed by atoms with Gasteiger partial charge in [-0.2, -0.15) is 0 Å². The minimum Gasteiger partial charge on any atom is -0.324 e. The van der Waals surface area contributed by atoms with Crippen molar-refractivity contribution in [2.45, 2.75) is 51.1 Å². The van der Waals surface area contributed by atoms with E-state index in [0.717, 1.165) is 13.0 Å². The van der Waals surface area contributed by atoms with E-state index in [0.29, 0.717) is 0 Å². The van der Waals surface area contributed by atoms with Crippen LogP contribution in [0.1, 0.15) is 50.3 Å². The Bertz CT molecular complexity index is 416. The molecule has 0 aliphatic carbocycles. The maximum atomic E-state index is 6.34. The second-order valence-electron chi connectivity index (χ2n) is 6.65. The summed E-state index contributed by atoms with van der Waals surface area (Å²) < 4.78 is 0. The Morgan fingerprint density at radius 3 is 2.45 bits per heavy atom. The van der Waals surface area contributed by atoms with Gasteiger partial charge in [-0.15, -0.1) is 0 Å². The maximum absolute atomic E-state index is 6.34. The average molecular weight is 275 g/mol. The number of benzene rings is 1. The van der Waals surface area contributed by atoms with Crippen molar-refractivity contribution in [1.82, 2.24) is 4.90 Å². The maximum Gasteiger partial charge on any atom is 0.0475 e. The molecule has 20 heavy (non-hydrogen) atoms. The van der Waals surface area contributed by atoms with E-state index in [1.54, 1.807) is 0 Å². The zero-order valence-corrected chi connectivity index (χ0v) is 12.9. The first-order valence-corrected chi connectivity index (χ1v) is 7.83. The molecule has 112 valence electrons. The lowest BCUT2D eigenvalue weighted by Crippen LogP contribution is -2.44. The minimum atomic E-state index is -0.388. The molecule has 0 saturated carbocycles. The zero-order chi connectivity index (χ0) is 14.6. The molecule has 1 atom stereocenters. The van der Waals surface area contributed by atoms with Gasteiger partial charge in [0.05, 0.1) is 0 Å². The summed E-state index contributed by atoms with van der Waals surface area (Å²) in [4.78, 5) is 2.57. The third kappa shape index (κ3) is 4.05. The van der Waals surface area contributed by atoms with Crippen LogP contribution >= 0.6 is 0 Å². The predicted molar refractivity (Wildman–Crippen MR) is 85.6 cm³/mol. The van der Waals surface area contributed by atoms with Crippen LogP contribution < -0.4 is 11.5 Å². The summed E-state index contributed by atoms with van der Waals surface area (Å²) in [5.41, 5.74) is 14.7. The Kier molecular flexibility index (Phi) is 5.19. The Balaban J connectivity index is 2.04. The molecule has 1 aliphatic heterocycles. The highest BCUT2D eigenvalue weighted by Gasteiger charge is 2.24. The summed E-state index contributed by atoms with van der Waals surface area (Å²) in [5.74, 6) is 0. The van der Waals surface area contributed by atoms with Gasteiger partial charge in [0, 0.05) is 18.1 Å². The van der Waals surface area contributed by atoms with Crippen LogP contribution in [0, 0.1) is 0 Å². The second kappa shape index (κ2) is 6.70. The summed E-state index contributed by atoms with van der Waals surface area (Å²) in [6.07, 6.45) is 5.15. The SMILES string of the molecule is CC(C)(N)C(N)c1ccccc1CCN1CCCCC1. The van der Waals surface area contributed by atoms with Crippen molar-refractivity contribution in [2.24, 2.45) is 11.5 Å².